The van der Waals surface area contributed by atoms with Gasteiger partial charge in [-0.2, -0.15) is 0 Å². The van der Waals surface area contributed by atoms with Gasteiger partial charge in [0.1, 0.15) is 0 Å². The quantitative estimate of drug-likeness (QED) is 0.602. The summed E-state index contributed by atoms with van der Waals surface area (Å²) in [6.07, 6.45) is 3.86. The molecule has 0 saturated heterocycles. The first-order chi connectivity index (χ1) is 7.86. The van der Waals surface area contributed by atoms with Crippen LogP contribution < -0.4 is 0 Å². The third kappa shape index (κ3) is 1.42. The number of benzene rings is 1. The Kier molecular flexibility index (Phi) is 2.22. The standard InChI is InChI=1S/C14H11NS/c1-10-8-15-9-11-4-2-5-12(14(10)11)13-6-3-7-16-13/h2-9H,1H3. The van der Waals surface area contributed by atoms with Gasteiger partial charge in [-0.1, -0.05) is 24.3 Å². The Hall–Kier alpha value is -1.67. The van der Waals surface area contributed by atoms with Gasteiger partial charge in [0.05, 0.1) is 0 Å². The Labute approximate surface area is 98.4 Å². The predicted octanol–water partition coefficient (Wildman–Crippen LogP) is 4.27. The van der Waals surface area contributed by atoms with Crippen LogP contribution in [0.2, 0.25) is 0 Å². The fourth-order valence-electron chi connectivity index (χ4n) is 2.05. The Morgan fingerprint density at radius 1 is 1.06 bits per heavy atom. The second kappa shape index (κ2) is 3.72. The third-order valence-electron chi connectivity index (χ3n) is 2.76. The van der Waals surface area contributed by atoms with Gasteiger partial charge in [-0.3, -0.25) is 4.98 Å². The van der Waals surface area contributed by atoms with Gasteiger partial charge in [-0.05, 0) is 34.9 Å². The number of aromatic nitrogens is 1. The molecule has 0 aliphatic heterocycles. The normalized spacial score (nSPS) is 10.8. The monoisotopic (exact) mass is 225 g/mol. The van der Waals surface area contributed by atoms with Crippen molar-refractivity contribution in [3.63, 3.8) is 0 Å². The summed E-state index contributed by atoms with van der Waals surface area (Å²) in [7, 11) is 0. The molecule has 0 bridgehead atoms. The Morgan fingerprint density at radius 2 is 2.00 bits per heavy atom. The highest BCUT2D eigenvalue weighted by molar-refractivity contribution is 7.13. The number of pyridine rings is 1. The van der Waals surface area contributed by atoms with Crippen molar-refractivity contribution in [1.82, 2.24) is 4.98 Å². The van der Waals surface area contributed by atoms with Crippen LogP contribution in [0, 0.1) is 6.92 Å². The van der Waals surface area contributed by atoms with Gasteiger partial charge in [0.15, 0.2) is 0 Å². The molecule has 2 heterocycles. The molecule has 0 atom stereocenters. The highest BCUT2D eigenvalue weighted by atomic mass is 32.1. The summed E-state index contributed by atoms with van der Waals surface area (Å²) in [5.74, 6) is 0. The number of fused-ring (bicyclic) bond motifs is 1. The zero-order valence-corrected chi connectivity index (χ0v) is 9.79. The molecule has 1 aromatic carbocycles. The third-order valence-corrected chi connectivity index (χ3v) is 3.66. The fourth-order valence-corrected chi connectivity index (χ4v) is 2.81. The Morgan fingerprint density at radius 3 is 2.81 bits per heavy atom. The summed E-state index contributed by atoms with van der Waals surface area (Å²) in [5.41, 5.74) is 2.55. The number of aryl methyl sites for hydroxylation is 1. The van der Waals surface area contributed by atoms with E-state index in [0.29, 0.717) is 0 Å². The molecular formula is C14H11NS. The van der Waals surface area contributed by atoms with Gasteiger partial charge < -0.3 is 0 Å². The van der Waals surface area contributed by atoms with E-state index < -0.39 is 0 Å². The van der Waals surface area contributed by atoms with E-state index in [-0.39, 0.29) is 0 Å². The maximum absolute atomic E-state index is 4.24. The molecule has 2 aromatic heterocycles. The van der Waals surface area contributed by atoms with E-state index in [2.05, 4.69) is 47.6 Å². The lowest BCUT2D eigenvalue weighted by atomic mass is 10.0. The van der Waals surface area contributed by atoms with E-state index in [0.717, 1.165) is 0 Å². The molecule has 2 heteroatoms. The van der Waals surface area contributed by atoms with E-state index in [1.165, 1.54) is 26.8 Å². The van der Waals surface area contributed by atoms with Crippen molar-refractivity contribution < 1.29 is 0 Å². The van der Waals surface area contributed by atoms with E-state index in [1.807, 2.05) is 12.4 Å². The largest absolute Gasteiger partial charge is 0.264 e. The van der Waals surface area contributed by atoms with Crippen molar-refractivity contribution in [2.75, 3.05) is 0 Å². The van der Waals surface area contributed by atoms with Crippen molar-refractivity contribution in [2.24, 2.45) is 0 Å². The van der Waals surface area contributed by atoms with Crippen molar-refractivity contribution in [3.05, 3.63) is 53.7 Å². The molecule has 0 saturated carbocycles. The lowest BCUT2D eigenvalue weighted by Crippen LogP contribution is -1.84. The minimum atomic E-state index is 1.21. The SMILES string of the molecule is Cc1cncc2cccc(-c3cccs3)c12. The highest BCUT2D eigenvalue weighted by Crippen LogP contribution is 2.32. The van der Waals surface area contributed by atoms with Gasteiger partial charge in [0.25, 0.3) is 0 Å². The number of hydrogen-bond donors (Lipinski definition) is 0. The molecule has 3 rings (SSSR count). The topological polar surface area (TPSA) is 12.9 Å². The first kappa shape index (κ1) is 9.55. The smallest absolute Gasteiger partial charge is 0.0349 e. The zero-order chi connectivity index (χ0) is 11.0. The molecule has 0 unspecified atom stereocenters. The van der Waals surface area contributed by atoms with Gasteiger partial charge in [0.2, 0.25) is 0 Å². The Bertz CT molecular complexity index is 621. The second-order valence-corrected chi connectivity index (χ2v) is 4.79. The summed E-state index contributed by atoms with van der Waals surface area (Å²) in [5, 5.41) is 4.65. The lowest BCUT2D eigenvalue weighted by molar-refractivity contribution is 1.31. The molecule has 1 nitrogen and oxygen atoms in total. The van der Waals surface area contributed by atoms with Crippen molar-refractivity contribution >= 4 is 22.1 Å². The lowest BCUT2D eigenvalue weighted by Gasteiger charge is -2.06. The molecule has 16 heavy (non-hydrogen) atoms. The van der Waals surface area contributed by atoms with Crippen LogP contribution in [0.4, 0.5) is 0 Å². The summed E-state index contributed by atoms with van der Waals surface area (Å²) in [6.45, 7) is 2.12. The molecule has 0 spiro atoms. The number of nitrogens with zero attached hydrogens (tertiary/aromatic N) is 1. The van der Waals surface area contributed by atoms with E-state index in [4.69, 9.17) is 0 Å². The Balaban J connectivity index is 2.41. The first-order valence-electron chi connectivity index (χ1n) is 5.23. The van der Waals surface area contributed by atoms with E-state index >= 15 is 0 Å². The maximum atomic E-state index is 4.24. The van der Waals surface area contributed by atoms with Crippen LogP contribution in [0.25, 0.3) is 21.2 Å². The summed E-state index contributed by atoms with van der Waals surface area (Å²) >= 11 is 1.78. The minimum Gasteiger partial charge on any atom is -0.264 e. The summed E-state index contributed by atoms with van der Waals surface area (Å²) < 4.78 is 0. The molecule has 0 aliphatic rings. The average molecular weight is 225 g/mol. The van der Waals surface area contributed by atoms with E-state index in [9.17, 15) is 0 Å². The van der Waals surface area contributed by atoms with Crippen LogP contribution in [-0.2, 0) is 0 Å². The molecule has 0 fully saturated rings. The first-order valence-corrected chi connectivity index (χ1v) is 6.11. The van der Waals surface area contributed by atoms with Crippen molar-refractivity contribution in [3.8, 4) is 10.4 Å². The molecule has 0 N–H and O–H groups in total. The van der Waals surface area contributed by atoms with Gasteiger partial charge in [-0.15, -0.1) is 11.3 Å². The predicted molar refractivity (Wildman–Crippen MR) is 69.8 cm³/mol. The minimum absolute atomic E-state index is 1.21. The van der Waals surface area contributed by atoms with Gasteiger partial charge in [-0.25, -0.2) is 0 Å². The van der Waals surface area contributed by atoms with Crippen LogP contribution in [0.1, 0.15) is 5.56 Å². The maximum Gasteiger partial charge on any atom is 0.0349 e. The van der Waals surface area contributed by atoms with Gasteiger partial charge in [0, 0.05) is 22.7 Å². The fraction of sp³-hybridized carbons (Fsp3) is 0.0714. The molecule has 3 aromatic rings. The molecular weight excluding hydrogens is 214 g/mol. The molecule has 0 aliphatic carbocycles. The molecule has 0 amide bonds. The highest BCUT2D eigenvalue weighted by Gasteiger charge is 2.06. The number of rotatable bonds is 1. The van der Waals surface area contributed by atoms with Crippen molar-refractivity contribution in [2.45, 2.75) is 6.92 Å². The second-order valence-electron chi connectivity index (χ2n) is 3.84. The summed E-state index contributed by atoms with van der Waals surface area (Å²) in [6, 6.07) is 10.7. The summed E-state index contributed by atoms with van der Waals surface area (Å²) in [4.78, 5) is 5.56. The van der Waals surface area contributed by atoms with Crippen LogP contribution >= 0.6 is 11.3 Å². The molecule has 0 radical (unpaired) electrons. The van der Waals surface area contributed by atoms with Crippen LogP contribution in [0.3, 0.4) is 0 Å². The van der Waals surface area contributed by atoms with E-state index in [1.54, 1.807) is 11.3 Å². The number of hydrogen-bond acceptors (Lipinski definition) is 2. The van der Waals surface area contributed by atoms with Gasteiger partial charge >= 0.3 is 0 Å². The van der Waals surface area contributed by atoms with Crippen LogP contribution in [0.15, 0.2) is 48.1 Å². The van der Waals surface area contributed by atoms with Crippen LogP contribution in [0.5, 0.6) is 0 Å². The van der Waals surface area contributed by atoms with Crippen LogP contribution in [-0.4, -0.2) is 4.98 Å². The zero-order valence-electron chi connectivity index (χ0n) is 8.97. The van der Waals surface area contributed by atoms with Crippen molar-refractivity contribution in [1.29, 1.82) is 0 Å². The number of thiophene rings is 1. The average Bonchev–Trinajstić information content (AvgIpc) is 2.82. The molecule has 78 valence electrons.